The molecule has 14 heavy (non-hydrogen) atoms. The molecule has 1 aromatic heterocycles. The van der Waals surface area contributed by atoms with E-state index in [2.05, 4.69) is 10.2 Å². The normalized spacial score (nSPS) is 35.0. The van der Waals surface area contributed by atoms with Gasteiger partial charge in [0.2, 0.25) is 5.88 Å². The lowest BCUT2D eigenvalue weighted by molar-refractivity contribution is 0.189. The van der Waals surface area contributed by atoms with Gasteiger partial charge in [-0.2, -0.15) is 0 Å². The van der Waals surface area contributed by atoms with Crippen LogP contribution in [-0.2, 0) is 0 Å². The number of hydrogen-bond donors (Lipinski definition) is 1. The largest absolute Gasteiger partial charge is 0.476 e. The minimum absolute atomic E-state index is 0.743. The first-order chi connectivity index (χ1) is 6.92. The molecule has 2 aliphatic carbocycles. The van der Waals surface area contributed by atoms with Gasteiger partial charge in [-0.15, -0.1) is 5.10 Å². The monoisotopic (exact) mass is 192 g/mol. The van der Waals surface area contributed by atoms with Crippen LogP contribution >= 0.6 is 0 Å². The Hall–Kier alpha value is -0.990. The molecule has 0 radical (unpaired) electrons. The number of aromatic amines is 1. The zero-order valence-electron chi connectivity index (χ0n) is 8.28. The van der Waals surface area contributed by atoms with Crippen molar-refractivity contribution in [2.45, 2.75) is 25.7 Å². The summed E-state index contributed by atoms with van der Waals surface area (Å²) in [6.07, 6.45) is 7.53. The zero-order chi connectivity index (χ0) is 9.38. The van der Waals surface area contributed by atoms with E-state index in [1.165, 1.54) is 25.7 Å². The summed E-state index contributed by atoms with van der Waals surface area (Å²) in [5, 5.41) is 6.76. The molecule has 1 heterocycles. The Morgan fingerprint density at radius 3 is 3.07 bits per heavy atom. The van der Waals surface area contributed by atoms with Crippen LogP contribution in [0.2, 0.25) is 0 Å². The molecule has 3 atom stereocenters. The third-order valence-corrected chi connectivity index (χ3v) is 3.81. The molecule has 3 rings (SSSR count). The Morgan fingerprint density at radius 1 is 1.43 bits per heavy atom. The molecule has 0 spiro atoms. The van der Waals surface area contributed by atoms with Crippen LogP contribution in [0.3, 0.4) is 0 Å². The van der Waals surface area contributed by atoms with E-state index in [0.29, 0.717) is 0 Å². The molecule has 76 valence electrons. The Kier molecular flexibility index (Phi) is 1.96. The standard InChI is InChI=1S/C11H16N2O/c1-2-9-5-8(1)6-10(9)7-14-11-3-4-12-13-11/h3-4,8-10H,1-2,5-7H2,(H,12,13)/t8?,9-,10?/m1/s1. The molecule has 0 saturated heterocycles. The Morgan fingerprint density at radius 2 is 2.43 bits per heavy atom. The van der Waals surface area contributed by atoms with Crippen molar-refractivity contribution in [1.29, 1.82) is 0 Å². The zero-order valence-corrected chi connectivity index (χ0v) is 8.28. The maximum absolute atomic E-state index is 5.64. The van der Waals surface area contributed by atoms with Crippen molar-refractivity contribution in [1.82, 2.24) is 10.2 Å². The second kappa shape index (κ2) is 3.30. The van der Waals surface area contributed by atoms with E-state index in [1.54, 1.807) is 6.20 Å². The molecule has 1 N–H and O–H groups in total. The molecule has 2 fully saturated rings. The van der Waals surface area contributed by atoms with Gasteiger partial charge in [-0.25, -0.2) is 0 Å². The second-order valence-electron chi connectivity index (χ2n) is 4.66. The van der Waals surface area contributed by atoms with Gasteiger partial charge < -0.3 is 4.74 Å². The quantitative estimate of drug-likeness (QED) is 0.797. The highest BCUT2D eigenvalue weighted by atomic mass is 16.5. The molecule has 0 aliphatic heterocycles. The van der Waals surface area contributed by atoms with Crippen molar-refractivity contribution >= 4 is 0 Å². The van der Waals surface area contributed by atoms with Gasteiger partial charge in [-0.1, -0.05) is 6.42 Å². The Balaban J connectivity index is 1.54. The highest BCUT2D eigenvalue weighted by Gasteiger charge is 2.39. The number of hydrogen-bond acceptors (Lipinski definition) is 2. The fourth-order valence-corrected chi connectivity index (χ4v) is 3.10. The maximum atomic E-state index is 5.64. The number of rotatable bonds is 3. The number of H-pyrrole nitrogens is 1. The molecule has 3 heteroatoms. The van der Waals surface area contributed by atoms with E-state index in [1.807, 2.05) is 6.07 Å². The average molecular weight is 192 g/mol. The Bertz CT molecular complexity index is 296. The van der Waals surface area contributed by atoms with Crippen LogP contribution in [-0.4, -0.2) is 16.8 Å². The molecule has 2 saturated carbocycles. The predicted octanol–water partition coefficient (Wildman–Crippen LogP) is 2.22. The molecular formula is C11H16N2O. The molecule has 2 unspecified atom stereocenters. The molecular weight excluding hydrogens is 176 g/mol. The maximum Gasteiger partial charge on any atom is 0.232 e. The van der Waals surface area contributed by atoms with Crippen LogP contribution in [0.4, 0.5) is 0 Å². The van der Waals surface area contributed by atoms with E-state index >= 15 is 0 Å². The van der Waals surface area contributed by atoms with Gasteiger partial charge in [0.15, 0.2) is 0 Å². The smallest absolute Gasteiger partial charge is 0.232 e. The van der Waals surface area contributed by atoms with E-state index in [4.69, 9.17) is 4.74 Å². The molecule has 0 aromatic carbocycles. The highest BCUT2D eigenvalue weighted by molar-refractivity contribution is 5.04. The van der Waals surface area contributed by atoms with Crippen LogP contribution < -0.4 is 4.74 Å². The van der Waals surface area contributed by atoms with E-state index < -0.39 is 0 Å². The number of nitrogens with zero attached hydrogens (tertiary/aromatic N) is 1. The Labute approximate surface area is 83.9 Å². The summed E-state index contributed by atoms with van der Waals surface area (Å²) >= 11 is 0. The van der Waals surface area contributed by atoms with Crippen molar-refractivity contribution < 1.29 is 4.74 Å². The van der Waals surface area contributed by atoms with Crippen molar-refractivity contribution in [3.8, 4) is 5.88 Å². The van der Waals surface area contributed by atoms with Crippen LogP contribution in [0.15, 0.2) is 12.3 Å². The summed E-state index contributed by atoms with van der Waals surface area (Å²) in [5.41, 5.74) is 0. The van der Waals surface area contributed by atoms with Gasteiger partial charge in [0.25, 0.3) is 0 Å². The highest BCUT2D eigenvalue weighted by Crippen LogP contribution is 2.48. The van der Waals surface area contributed by atoms with Crippen molar-refractivity contribution in [2.75, 3.05) is 6.61 Å². The molecule has 2 bridgehead atoms. The predicted molar refractivity (Wildman–Crippen MR) is 53.0 cm³/mol. The molecule has 2 aliphatic rings. The summed E-state index contributed by atoms with van der Waals surface area (Å²) in [6.45, 7) is 0.867. The van der Waals surface area contributed by atoms with Crippen LogP contribution in [0, 0.1) is 17.8 Å². The summed E-state index contributed by atoms with van der Waals surface area (Å²) < 4.78 is 5.64. The van der Waals surface area contributed by atoms with Crippen molar-refractivity contribution in [3.05, 3.63) is 12.3 Å². The van der Waals surface area contributed by atoms with Crippen LogP contribution in [0.25, 0.3) is 0 Å². The topological polar surface area (TPSA) is 37.9 Å². The summed E-state index contributed by atoms with van der Waals surface area (Å²) in [7, 11) is 0. The lowest BCUT2D eigenvalue weighted by Gasteiger charge is -2.20. The first kappa shape index (κ1) is 8.33. The number of nitrogens with one attached hydrogen (secondary N) is 1. The minimum Gasteiger partial charge on any atom is -0.476 e. The van der Waals surface area contributed by atoms with Gasteiger partial charge in [0, 0.05) is 12.3 Å². The van der Waals surface area contributed by atoms with E-state index in [-0.39, 0.29) is 0 Å². The van der Waals surface area contributed by atoms with Gasteiger partial charge in [0.05, 0.1) is 6.61 Å². The van der Waals surface area contributed by atoms with Gasteiger partial charge in [-0.05, 0) is 37.0 Å². The van der Waals surface area contributed by atoms with E-state index in [9.17, 15) is 0 Å². The summed E-state index contributed by atoms with van der Waals surface area (Å²) in [6, 6.07) is 1.88. The number of fused-ring (bicyclic) bond motifs is 2. The summed E-state index contributed by atoms with van der Waals surface area (Å²) in [5.74, 6) is 3.49. The lowest BCUT2D eigenvalue weighted by Crippen LogP contribution is -2.18. The van der Waals surface area contributed by atoms with Crippen LogP contribution in [0.5, 0.6) is 5.88 Å². The fraction of sp³-hybridized carbons (Fsp3) is 0.727. The SMILES string of the molecule is c1cc(OCC2CC3CC[C@@H]2C3)n[nH]1. The minimum atomic E-state index is 0.743. The molecule has 3 nitrogen and oxygen atoms in total. The fourth-order valence-electron chi connectivity index (χ4n) is 3.10. The van der Waals surface area contributed by atoms with E-state index in [0.717, 1.165) is 30.2 Å². The third-order valence-electron chi connectivity index (χ3n) is 3.81. The van der Waals surface area contributed by atoms with Crippen LogP contribution in [0.1, 0.15) is 25.7 Å². The van der Waals surface area contributed by atoms with Crippen molar-refractivity contribution in [3.63, 3.8) is 0 Å². The summed E-state index contributed by atoms with van der Waals surface area (Å²) in [4.78, 5) is 0. The van der Waals surface area contributed by atoms with Crippen molar-refractivity contribution in [2.24, 2.45) is 17.8 Å². The first-order valence-corrected chi connectivity index (χ1v) is 5.54. The molecule has 1 aromatic rings. The lowest BCUT2D eigenvalue weighted by atomic mass is 9.90. The molecule has 0 amide bonds. The van der Waals surface area contributed by atoms with Gasteiger partial charge in [0.1, 0.15) is 0 Å². The third kappa shape index (κ3) is 1.41. The first-order valence-electron chi connectivity index (χ1n) is 5.54. The number of aromatic nitrogens is 2. The second-order valence-corrected chi connectivity index (χ2v) is 4.66. The van der Waals surface area contributed by atoms with Gasteiger partial charge >= 0.3 is 0 Å². The number of ether oxygens (including phenoxy) is 1. The average Bonchev–Trinajstić information content (AvgIpc) is 2.91. The van der Waals surface area contributed by atoms with Gasteiger partial charge in [-0.3, -0.25) is 5.10 Å².